The molecule has 0 rings (SSSR count). The molecular weight excluding hydrogens is 158 g/mol. The second-order valence-corrected chi connectivity index (χ2v) is 2.30. The molecule has 1 unspecified atom stereocenters. The predicted molar refractivity (Wildman–Crippen MR) is 43.7 cm³/mol. The first-order chi connectivity index (χ1) is 5.63. The van der Waals surface area contributed by atoms with Gasteiger partial charge in [-0.15, -0.1) is 0 Å². The summed E-state index contributed by atoms with van der Waals surface area (Å²) in [4.78, 5) is 11.0. The minimum Gasteiger partial charge on any atom is -0.510 e. The maximum absolute atomic E-state index is 11.0. The minimum atomic E-state index is -0.640. The maximum atomic E-state index is 11.0. The molecule has 5 nitrogen and oxygen atoms in total. The summed E-state index contributed by atoms with van der Waals surface area (Å²) in [6.45, 7) is 3.86. The van der Waals surface area contributed by atoms with Gasteiger partial charge in [-0.3, -0.25) is 4.79 Å². The molecule has 0 aromatic heterocycles. The number of hydrogen-bond donors (Lipinski definition) is 3. The molecule has 0 aliphatic carbocycles. The average Bonchev–Trinajstić information content (AvgIpc) is 2.04. The molecule has 0 heterocycles. The Morgan fingerprint density at radius 2 is 2.42 bits per heavy atom. The molecule has 0 aromatic rings. The van der Waals surface area contributed by atoms with Crippen LogP contribution in [0.4, 0.5) is 0 Å². The van der Waals surface area contributed by atoms with Crippen molar-refractivity contribution < 1.29 is 9.90 Å². The lowest BCUT2D eigenvalue weighted by atomic mass is 10.1. The van der Waals surface area contributed by atoms with E-state index in [2.05, 4.69) is 10.4 Å². The highest BCUT2D eigenvalue weighted by Crippen LogP contribution is 2.06. The zero-order chi connectivity index (χ0) is 9.56. The first-order valence-electron chi connectivity index (χ1n) is 3.66. The van der Waals surface area contributed by atoms with Crippen molar-refractivity contribution in [3.63, 3.8) is 0 Å². The van der Waals surface area contributed by atoms with Gasteiger partial charge in [0, 0.05) is 6.54 Å². The van der Waals surface area contributed by atoms with Crippen molar-refractivity contribution in [3.05, 3.63) is 12.0 Å². The van der Waals surface area contributed by atoms with E-state index in [0.717, 1.165) is 6.20 Å². The first-order valence-corrected chi connectivity index (χ1v) is 3.66. The van der Waals surface area contributed by atoms with Gasteiger partial charge >= 0.3 is 0 Å². The van der Waals surface area contributed by atoms with Crippen LogP contribution in [-0.2, 0) is 4.79 Å². The van der Waals surface area contributed by atoms with E-state index < -0.39 is 5.92 Å². The van der Waals surface area contributed by atoms with Crippen LogP contribution in [0, 0.1) is 11.4 Å². The summed E-state index contributed by atoms with van der Waals surface area (Å²) in [5, 5.41) is 14.5. The summed E-state index contributed by atoms with van der Waals surface area (Å²) >= 11 is 0. The van der Waals surface area contributed by atoms with E-state index in [1.807, 2.05) is 0 Å². The molecule has 0 saturated heterocycles. The van der Waals surface area contributed by atoms with Gasteiger partial charge in [0.25, 0.3) is 0 Å². The van der Waals surface area contributed by atoms with Crippen molar-refractivity contribution in [2.75, 3.05) is 6.54 Å². The Morgan fingerprint density at radius 1 is 1.83 bits per heavy atom. The molecule has 5 heteroatoms. The lowest BCUT2D eigenvalue weighted by molar-refractivity contribution is -0.124. The van der Waals surface area contributed by atoms with Crippen molar-refractivity contribution in [2.24, 2.45) is 11.0 Å². The highest BCUT2D eigenvalue weighted by molar-refractivity contribution is 5.80. The van der Waals surface area contributed by atoms with Gasteiger partial charge in [-0.2, -0.15) is 5.11 Å². The second-order valence-electron chi connectivity index (χ2n) is 2.30. The zero-order valence-corrected chi connectivity index (χ0v) is 7.16. The number of amides is 1. The molecular formula is C7H13N3O2. The lowest BCUT2D eigenvalue weighted by Crippen LogP contribution is -2.29. The number of carbonyl (C=O) groups is 1. The molecule has 3 N–H and O–H groups in total. The minimum absolute atomic E-state index is 0.198. The third-order valence-corrected chi connectivity index (χ3v) is 1.38. The van der Waals surface area contributed by atoms with Crippen LogP contribution in [0.1, 0.15) is 13.8 Å². The molecule has 0 fully saturated rings. The molecule has 1 atom stereocenters. The molecule has 0 aromatic carbocycles. The quantitative estimate of drug-likeness (QED) is 0.438. The number of aliphatic hydroxyl groups excluding tert-OH is 1. The van der Waals surface area contributed by atoms with Crippen molar-refractivity contribution in [1.29, 1.82) is 5.53 Å². The van der Waals surface area contributed by atoms with E-state index in [4.69, 9.17) is 10.6 Å². The van der Waals surface area contributed by atoms with E-state index in [0.29, 0.717) is 6.54 Å². The first kappa shape index (κ1) is 10.6. The summed E-state index contributed by atoms with van der Waals surface area (Å²) in [5.41, 5.74) is 6.43. The fraction of sp³-hybridized carbons (Fsp3) is 0.571. The number of rotatable bonds is 4. The largest absolute Gasteiger partial charge is 0.510 e. The van der Waals surface area contributed by atoms with Crippen LogP contribution in [0.15, 0.2) is 17.1 Å². The number of hydrogen-bond acceptors (Lipinski definition) is 4. The highest BCUT2D eigenvalue weighted by Gasteiger charge is 2.15. The number of nitrogens with one attached hydrogen (secondary N) is 2. The fourth-order valence-electron chi connectivity index (χ4n) is 0.640. The van der Waals surface area contributed by atoms with Gasteiger partial charge in [0.1, 0.15) is 5.76 Å². The summed E-state index contributed by atoms with van der Waals surface area (Å²) in [6, 6.07) is 0. The Kier molecular flexibility index (Phi) is 4.67. The van der Waals surface area contributed by atoms with E-state index in [1.165, 1.54) is 0 Å². The molecule has 0 aliphatic heterocycles. The molecule has 0 bridgehead atoms. The predicted octanol–water partition coefficient (Wildman–Crippen LogP) is 1.19. The van der Waals surface area contributed by atoms with Gasteiger partial charge in [-0.1, -0.05) is 0 Å². The lowest BCUT2D eigenvalue weighted by Gasteiger charge is -2.08. The topological polar surface area (TPSA) is 85.5 Å². The van der Waals surface area contributed by atoms with Crippen molar-refractivity contribution in [1.82, 2.24) is 5.32 Å². The van der Waals surface area contributed by atoms with Gasteiger partial charge < -0.3 is 10.4 Å². The normalized spacial score (nSPS) is 13.7. The van der Waals surface area contributed by atoms with Gasteiger partial charge in [0.2, 0.25) is 5.91 Å². The van der Waals surface area contributed by atoms with Gasteiger partial charge in [-0.05, 0) is 13.8 Å². The Hall–Kier alpha value is -1.39. The molecule has 0 saturated carbocycles. The van der Waals surface area contributed by atoms with Crippen molar-refractivity contribution >= 4 is 5.91 Å². The summed E-state index contributed by atoms with van der Waals surface area (Å²) < 4.78 is 0. The molecule has 12 heavy (non-hydrogen) atoms. The van der Waals surface area contributed by atoms with Crippen LogP contribution >= 0.6 is 0 Å². The number of carbonyl (C=O) groups excluding carboxylic acids is 1. The monoisotopic (exact) mass is 171 g/mol. The summed E-state index contributed by atoms with van der Waals surface area (Å²) in [5.74, 6) is -1.11. The molecule has 0 radical (unpaired) electrons. The van der Waals surface area contributed by atoms with Crippen LogP contribution in [0.2, 0.25) is 0 Å². The van der Waals surface area contributed by atoms with Crippen LogP contribution in [0.25, 0.3) is 0 Å². The van der Waals surface area contributed by atoms with Crippen LogP contribution in [0.3, 0.4) is 0 Å². The Labute approximate surface area is 71.0 Å². The maximum Gasteiger partial charge on any atom is 0.230 e. The third-order valence-electron chi connectivity index (χ3n) is 1.38. The Balaban J connectivity index is 4.18. The SMILES string of the molecule is CCNC(=O)C(C)C(O)=CN=N. The average molecular weight is 171 g/mol. The summed E-state index contributed by atoms with van der Waals surface area (Å²) in [7, 11) is 0. The van der Waals surface area contributed by atoms with E-state index >= 15 is 0 Å². The fourth-order valence-corrected chi connectivity index (χ4v) is 0.640. The molecule has 68 valence electrons. The summed E-state index contributed by atoms with van der Waals surface area (Å²) in [6.07, 6.45) is 0.944. The molecule has 0 spiro atoms. The van der Waals surface area contributed by atoms with Gasteiger partial charge in [0.05, 0.1) is 12.1 Å². The molecule has 0 aliphatic rings. The smallest absolute Gasteiger partial charge is 0.230 e. The van der Waals surface area contributed by atoms with Crippen LogP contribution in [0.5, 0.6) is 0 Å². The van der Waals surface area contributed by atoms with Gasteiger partial charge in [-0.25, -0.2) is 5.53 Å². The number of aliphatic hydroxyl groups is 1. The zero-order valence-electron chi connectivity index (χ0n) is 7.16. The Bertz CT molecular complexity index is 201. The van der Waals surface area contributed by atoms with Crippen LogP contribution in [-0.4, -0.2) is 17.6 Å². The van der Waals surface area contributed by atoms with E-state index in [-0.39, 0.29) is 11.7 Å². The van der Waals surface area contributed by atoms with Crippen LogP contribution < -0.4 is 5.32 Å². The van der Waals surface area contributed by atoms with E-state index in [9.17, 15) is 4.79 Å². The molecule has 1 amide bonds. The Morgan fingerprint density at radius 3 is 2.83 bits per heavy atom. The second kappa shape index (κ2) is 5.29. The standard InChI is InChI=1S/C7H13N3O2/c1-3-9-7(12)5(2)6(11)4-10-8/h4-5,8,11H,3H2,1-2H3,(H,9,12). The van der Waals surface area contributed by atoms with E-state index in [1.54, 1.807) is 13.8 Å². The van der Waals surface area contributed by atoms with Crippen molar-refractivity contribution in [3.8, 4) is 0 Å². The third kappa shape index (κ3) is 3.14. The van der Waals surface area contributed by atoms with Gasteiger partial charge in [0.15, 0.2) is 0 Å². The number of nitrogens with zero attached hydrogens (tertiary/aromatic N) is 1. The van der Waals surface area contributed by atoms with Crippen molar-refractivity contribution in [2.45, 2.75) is 13.8 Å². The highest BCUT2D eigenvalue weighted by atomic mass is 16.3.